The van der Waals surface area contributed by atoms with E-state index in [0.29, 0.717) is 0 Å². The molecule has 3 heteroatoms. The molecule has 2 aromatic rings. The molecule has 1 N–H and O–H groups in total. The molecule has 17 heavy (non-hydrogen) atoms. The minimum Gasteiger partial charge on any atom is -0.384 e. The highest BCUT2D eigenvalue weighted by Crippen LogP contribution is 2.25. The van der Waals surface area contributed by atoms with Crippen LogP contribution in [0.5, 0.6) is 0 Å². The van der Waals surface area contributed by atoms with Gasteiger partial charge in [0.15, 0.2) is 0 Å². The van der Waals surface area contributed by atoms with Crippen LogP contribution in [-0.4, -0.2) is 11.5 Å². The number of rotatable bonds is 2. The number of fused-ring (bicyclic) bond motifs is 1. The Morgan fingerprint density at radius 3 is 2.71 bits per heavy atom. The summed E-state index contributed by atoms with van der Waals surface area (Å²) >= 11 is 5.96. The monoisotopic (exact) mass is 248 g/mol. The van der Waals surface area contributed by atoms with Crippen molar-refractivity contribution in [1.29, 1.82) is 0 Å². The minimum absolute atomic E-state index is 0.252. The van der Waals surface area contributed by atoms with Crippen molar-refractivity contribution in [1.82, 2.24) is 4.98 Å². The third-order valence-corrected chi connectivity index (χ3v) is 2.75. The van der Waals surface area contributed by atoms with Crippen molar-refractivity contribution in [3.8, 4) is 0 Å². The third-order valence-electron chi connectivity index (χ3n) is 2.51. The molecule has 90 valence electrons. The quantitative estimate of drug-likeness (QED) is 0.855. The van der Waals surface area contributed by atoms with E-state index in [2.05, 4.69) is 31.1 Å². The summed E-state index contributed by atoms with van der Waals surface area (Å²) in [7, 11) is 0. The molecule has 0 amide bonds. The number of nitrogens with zero attached hydrogens (tertiary/aromatic N) is 1. The number of nitrogens with one attached hydrogen (secondary N) is 1. The first-order valence-corrected chi connectivity index (χ1v) is 6.12. The number of halogens is 1. The first-order chi connectivity index (χ1) is 7.96. The Kier molecular flexibility index (Phi) is 3.25. The maximum atomic E-state index is 5.96. The molecule has 0 aliphatic heterocycles. The molecule has 0 saturated heterocycles. The molecule has 2 rings (SSSR count). The zero-order valence-electron chi connectivity index (χ0n) is 10.4. The van der Waals surface area contributed by atoms with Crippen molar-refractivity contribution in [2.45, 2.75) is 20.8 Å². The molecule has 0 spiro atoms. The van der Waals surface area contributed by atoms with Crippen molar-refractivity contribution in [3.05, 3.63) is 35.5 Å². The van der Waals surface area contributed by atoms with Gasteiger partial charge in [-0.2, -0.15) is 0 Å². The average molecular weight is 249 g/mol. The highest BCUT2D eigenvalue weighted by atomic mass is 35.5. The maximum Gasteiger partial charge on any atom is 0.0737 e. The highest BCUT2D eigenvalue weighted by Gasteiger charge is 2.10. The molecule has 1 aromatic heterocycles. The van der Waals surface area contributed by atoms with E-state index in [1.165, 1.54) is 0 Å². The second kappa shape index (κ2) is 4.53. The zero-order valence-corrected chi connectivity index (χ0v) is 11.2. The first kappa shape index (κ1) is 12.2. The molecule has 0 fully saturated rings. The second-order valence-electron chi connectivity index (χ2n) is 5.43. The normalized spacial score (nSPS) is 11.8. The maximum absolute atomic E-state index is 5.96. The van der Waals surface area contributed by atoms with Gasteiger partial charge in [-0.15, -0.1) is 0 Å². The van der Waals surface area contributed by atoms with E-state index in [4.69, 9.17) is 11.6 Å². The van der Waals surface area contributed by atoms with Gasteiger partial charge in [0.1, 0.15) is 0 Å². The Labute approximate surface area is 107 Å². The van der Waals surface area contributed by atoms with Crippen LogP contribution in [0, 0.1) is 5.41 Å². The second-order valence-corrected chi connectivity index (χ2v) is 5.87. The van der Waals surface area contributed by atoms with Crippen LogP contribution in [0.3, 0.4) is 0 Å². The molecule has 1 heterocycles. The largest absolute Gasteiger partial charge is 0.384 e. The van der Waals surface area contributed by atoms with E-state index < -0.39 is 0 Å². The van der Waals surface area contributed by atoms with E-state index >= 15 is 0 Å². The van der Waals surface area contributed by atoms with Gasteiger partial charge in [-0.05, 0) is 29.7 Å². The first-order valence-electron chi connectivity index (χ1n) is 5.74. The molecule has 0 aliphatic carbocycles. The molecule has 0 bridgehead atoms. The molecule has 2 nitrogen and oxygen atoms in total. The van der Waals surface area contributed by atoms with Crippen LogP contribution in [0.15, 0.2) is 30.5 Å². The Hall–Kier alpha value is -1.28. The van der Waals surface area contributed by atoms with E-state index in [9.17, 15) is 0 Å². The molecule has 0 atom stereocenters. The molecule has 0 unspecified atom stereocenters. The van der Waals surface area contributed by atoms with E-state index in [1.807, 2.05) is 30.5 Å². The summed E-state index contributed by atoms with van der Waals surface area (Å²) in [4.78, 5) is 4.32. The summed E-state index contributed by atoms with van der Waals surface area (Å²) in [5, 5.41) is 5.30. The van der Waals surface area contributed by atoms with Crippen molar-refractivity contribution >= 4 is 28.2 Å². The van der Waals surface area contributed by atoms with Crippen LogP contribution in [0.4, 0.5) is 5.69 Å². The molecule has 0 aliphatic rings. The van der Waals surface area contributed by atoms with Crippen molar-refractivity contribution < 1.29 is 0 Å². The number of anilines is 1. The van der Waals surface area contributed by atoms with Crippen molar-refractivity contribution in [2.75, 3.05) is 11.9 Å². The van der Waals surface area contributed by atoms with Gasteiger partial charge < -0.3 is 5.32 Å². The Morgan fingerprint density at radius 2 is 2.00 bits per heavy atom. The lowest BCUT2D eigenvalue weighted by molar-refractivity contribution is 0.443. The lowest BCUT2D eigenvalue weighted by Gasteiger charge is -2.20. The van der Waals surface area contributed by atoms with Crippen LogP contribution < -0.4 is 5.32 Å². The number of pyridine rings is 1. The van der Waals surface area contributed by atoms with Crippen molar-refractivity contribution in [3.63, 3.8) is 0 Å². The van der Waals surface area contributed by atoms with Gasteiger partial charge in [0.05, 0.1) is 5.52 Å². The van der Waals surface area contributed by atoms with Crippen LogP contribution in [0.1, 0.15) is 20.8 Å². The predicted molar refractivity (Wildman–Crippen MR) is 74.7 cm³/mol. The van der Waals surface area contributed by atoms with Gasteiger partial charge >= 0.3 is 0 Å². The number of aromatic nitrogens is 1. The molecule has 1 aromatic carbocycles. The molecular formula is C14H17ClN2. The minimum atomic E-state index is 0.252. The van der Waals surface area contributed by atoms with Gasteiger partial charge in [-0.1, -0.05) is 32.4 Å². The number of hydrogen-bond acceptors (Lipinski definition) is 2. The fraction of sp³-hybridized carbons (Fsp3) is 0.357. The fourth-order valence-electron chi connectivity index (χ4n) is 1.64. The van der Waals surface area contributed by atoms with Gasteiger partial charge in [0.25, 0.3) is 0 Å². The topological polar surface area (TPSA) is 24.9 Å². The van der Waals surface area contributed by atoms with Gasteiger partial charge in [-0.25, -0.2) is 0 Å². The van der Waals surface area contributed by atoms with E-state index in [1.54, 1.807) is 0 Å². The number of benzene rings is 1. The standard InChI is InChI=1S/C14H17ClN2/c1-14(2,3)9-17-12-6-7-16-13-8-10(15)4-5-11(12)13/h4-8H,9H2,1-3H3,(H,16,17). The average Bonchev–Trinajstić information content (AvgIpc) is 2.24. The van der Waals surface area contributed by atoms with E-state index in [-0.39, 0.29) is 5.41 Å². The Balaban J connectivity index is 2.34. The predicted octanol–water partition coefficient (Wildman–Crippen LogP) is 4.35. The Bertz CT molecular complexity index is 529. The molecular weight excluding hydrogens is 232 g/mol. The van der Waals surface area contributed by atoms with Crippen LogP contribution in [0.25, 0.3) is 10.9 Å². The fourth-order valence-corrected chi connectivity index (χ4v) is 1.80. The highest BCUT2D eigenvalue weighted by molar-refractivity contribution is 6.31. The van der Waals surface area contributed by atoms with Crippen LogP contribution >= 0.6 is 11.6 Å². The summed E-state index contributed by atoms with van der Waals surface area (Å²) in [6.45, 7) is 7.55. The van der Waals surface area contributed by atoms with Crippen LogP contribution in [-0.2, 0) is 0 Å². The molecule has 0 radical (unpaired) electrons. The smallest absolute Gasteiger partial charge is 0.0737 e. The zero-order chi connectivity index (χ0) is 12.5. The lowest BCUT2D eigenvalue weighted by atomic mass is 9.97. The van der Waals surface area contributed by atoms with Crippen LogP contribution in [0.2, 0.25) is 5.02 Å². The summed E-state index contributed by atoms with van der Waals surface area (Å²) in [5.41, 5.74) is 2.29. The number of hydrogen-bond donors (Lipinski definition) is 1. The third kappa shape index (κ3) is 3.10. The lowest BCUT2D eigenvalue weighted by Crippen LogP contribution is -2.19. The Morgan fingerprint density at radius 1 is 1.24 bits per heavy atom. The summed E-state index contributed by atoms with van der Waals surface area (Å²) in [5.74, 6) is 0. The SMILES string of the molecule is CC(C)(C)CNc1ccnc2cc(Cl)ccc12. The van der Waals surface area contributed by atoms with Gasteiger partial charge in [0, 0.05) is 28.8 Å². The van der Waals surface area contributed by atoms with Gasteiger partial charge in [-0.3, -0.25) is 4.98 Å². The summed E-state index contributed by atoms with van der Waals surface area (Å²) in [6, 6.07) is 7.80. The van der Waals surface area contributed by atoms with Crippen molar-refractivity contribution in [2.24, 2.45) is 5.41 Å². The molecule has 0 saturated carbocycles. The summed E-state index contributed by atoms with van der Waals surface area (Å²) < 4.78 is 0. The van der Waals surface area contributed by atoms with Gasteiger partial charge in [0.2, 0.25) is 0 Å². The van der Waals surface area contributed by atoms with E-state index in [0.717, 1.165) is 28.2 Å². The summed E-state index contributed by atoms with van der Waals surface area (Å²) in [6.07, 6.45) is 1.81.